The van der Waals surface area contributed by atoms with E-state index in [4.69, 9.17) is 27.9 Å². The van der Waals surface area contributed by atoms with Crippen LogP contribution >= 0.6 is 23.2 Å². The molecule has 3 heterocycles. The van der Waals surface area contributed by atoms with Crippen LogP contribution < -0.4 is 5.32 Å². The van der Waals surface area contributed by atoms with E-state index < -0.39 is 17.9 Å². The van der Waals surface area contributed by atoms with E-state index in [-0.39, 0.29) is 39.4 Å². The van der Waals surface area contributed by atoms with Crippen molar-refractivity contribution in [2.45, 2.75) is 32.2 Å². The molecule has 218 valence electrons. The predicted molar refractivity (Wildman–Crippen MR) is 154 cm³/mol. The van der Waals surface area contributed by atoms with Crippen molar-refractivity contribution in [1.29, 1.82) is 0 Å². The number of hydrogen-bond acceptors (Lipinski definition) is 8. The quantitative estimate of drug-likeness (QED) is 0.304. The smallest absolute Gasteiger partial charge is 0.428 e. The first kappa shape index (κ1) is 29.0. The SMILES string of the molecule is COC(=O)N(C)N(C)C(=O)c1cc(Cl)cc(C)c1NC(=O)c1cc(Cn2cc(C3CC3)nn2)nn1-c1ncccc1Cl. The molecule has 1 aliphatic carbocycles. The van der Waals surface area contributed by atoms with E-state index in [0.717, 1.165) is 28.6 Å². The number of hydrogen-bond donors (Lipinski definition) is 1. The van der Waals surface area contributed by atoms with Crippen molar-refractivity contribution in [3.63, 3.8) is 0 Å². The van der Waals surface area contributed by atoms with Gasteiger partial charge in [-0.25, -0.2) is 29.2 Å². The maximum atomic E-state index is 13.8. The van der Waals surface area contributed by atoms with Crippen molar-refractivity contribution in [2.24, 2.45) is 0 Å². The van der Waals surface area contributed by atoms with Gasteiger partial charge in [-0.05, 0) is 55.7 Å². The van der Waals surface area contributed by atoms with Crippen LogP contribution in [-0.2, 0) is 11.3 Å². The number of ether oxygens (including phenoxy) is 1. The molecule has 4 aromatic rings. The highest BCUT2D eigenvalue weighted by atomic mass is 35.5. The fourth-order valence-electron chi connectivity index (χ4n) is 4.31. The number of aryl methyl sites for hydroxylation is 1. The summed E-state index contributed by atoms with van der Waals surface area (Å²) in [7, 11) is 3.97. The number of carbonyl (C=O) groups excluding carboxylic acids is 3. The van der Waals surface area contributed by atoms with E-state index >= 15 is 0 Å². The third-order valence-corrected chi connectivity index (χ3v) is 7.27. The van der Waals surface area contributed by atoms with Crippen molar-refractivity contribution in [3.05, 3.63) is 81.0 Å². The number of methoxy groups -OCH3 is 1. The molecule has 42 heavy (non-hydrogen) atoms. The van der Waals surface area contributed by atoms with Gasteiger partial charge in [0.1, 0.15) is 5.69 Å². The Labute approximate surface area is 250 Å². The summed E-state index contributed by atoms with van der Waals surface area (Å²) in [5, 5.41) is 18.5. The molecule has 1 saturated carbocycles. The zero-order valence-corrected chi connectivity index (χ0v) is 24.7. The normalized spacial score (nSPS) is 12.6. The van der Waals surface area contributed by atoms with E-state index in [0.29, 0.717) is 17.2 Å². The molecule has 0 radical (unpaired) electrons. The van der Waals surface area contributed by atoms with E-state index in [1.165, 1.54) is 38.2 Å². The number of anilines is 1. The molecule has 1 fully saturated rings. The van der Waals surface area contributed by atoms with E-state index in [2.05, 4.69) is 25.7 Å². The third-order valence-electron chi connectivity index (χ3n) is 6.76. The molecule has 3 amide bonds. The first-order valence-electron chi connectivity index (χ1n) is 12.9. The second-order valence-electron chi connectivity index (χ2n) is 9.78. The van der Waals surface area contributed by atoms with Crippen LogP contribution in [0.5, 0.6) is 0 Å². The number of carbonyl (C=O) groups is 3. The Bertz CT molecular complexity index is 1680. The Balaban J connectivity index is 1.50. The molecule has 13 nitrogen and oxygen atoms in total. The topological polar surface area (TPSA) is 140 Å². The van der Waals surface area contributed by atoms with Gasteiger partial charge in [-0.1, -0.05) is 28.4 Å². The van der Waals surface area contributed by atoms with Gasteiger partial charge in [-0.3, -0.25) is 9.59 Å². The molecule has 3 aromatic heterocycles. The van der Waals surface area contributed by atoms with E-state index in [9.17, 15) is 14.4 Å². The number of rotatable bonds is 7. The zero-order valence-electron chi connectivity index (χ0n) is 23.2. The van der Waals surface area contributed by atoms with Crippen LogP contribution in [-0.4, -0.2) is 78.9 Å². The van der Waals surface area contributed by atoms with Gasteiger partial charge in [0.25, 0.3) is 11.8 Å². The highest BCUT2D eigenvalue weighted by Crippen LogP contribution is 2.38. The number of benzene rings is 1. The molecule has 0 spiro atoms. The van der Waals surface area contributed by atoms with Gasteiger partial charge < -0.3 is 10.1 Å². The van der Waals surface area contributed by atoms with E-state index in [1.807, 2.05) is 6.20 Å². The summed E-state index contributed by atoms with van der Waals surface area (Å²) in [6.45, 7) is 1.95. The van der Waals surface area contributed by atoms with Crippen molar-refractivity contribution >= 4 is 46.8 Å². The number of pyridine rings is 1. The number of nitrogens with zero attached hydrogens (tertiary/aromatic N) is 8. The van der Waals surface area contributed by atoms with Gasteiger partial charge in [0.2, 0.25) is 0 Å². The lowest BCUT2D eigenvalue weighted by molar-refractivity contribution is 0.0193. The standard InChI is InChI=1S/C27H27Cl2N9O4/c1-15-10-17(28)11-19(26(40)35(2)36(3)27(41)42-4)23(15)31-25(39)22-12-18(13-37-14-21(32-34-37)16-7-8-16)33-38(22)24-20(29)6-5-9-30-24/h5-6,9-12,14,16H,7-8,13H2,1-4H3,(H,31,39). The summed E-state index contributed by atoms with van der Waals surface area (Å²) in [5.41, 5.74) is 2.33. The minimum atomic E-state index is -0.754. The van der Waals surface area contributed by atoms with Crippen LogP contribution in [0, 0.1) is 6.92 Å². The maximum absolute atomic E-state index is 13.8. The molecule has 0 bridgehead atoms. The van der Waals surface area contributed by atoms with Crippen LogP contribution in [0.3, 0.4) is 0 Å². The first-order chi connectivity index (χ1) is 20.1. The molecule has 5 rings (SSSR count). The Morgan fingerprint density at radius 2 is 1.90 bits per heavy atom. The molecule has 1 aliphatic rings. The van der Waals surface area contributed by atoms with Crippen LogP contribution in [0.25, 0.3) is 5.82 Å². The van der Waals surface area contributed by atoms with Gasteiger partial charge in [-0.2, -0.15) is 5.10 Å². The summed E-state index contributed by atoms with van der Waals surface area (Å²) in [5.74, 6) is -0.507. The fourth-order valence-corrected chi connectivity index (χ4v) is 4.78. The summed E-state index contributed by atoms with van der Waals surface area (Å²) < 4.78 is 7.71. The molecule has 15 heteroatoms. The Hall–Kier alpha value is -4.49. The molecule has 1 aromatic carbocycles. The van der Waals surface area contributed by atoms with Crippen molar-refractivity contribution in [1.82, 2.24) is 39.8 Å². The third kappa shape index (κ3) is 5.92. The average Bonchev–Trinajstić information content (AvgIpc) is 3.58. The molecule has 0 atom stereocenters. The fraction of sp³-hybridized carbons (Fsp3) is 0.296. The highest BCUT2D eigenvalue weighted by Gasteiger charge is 2.28. The van der Waals surface area contributed by atoms with Gasteiger partial charge >= 0.3 is 6.09 Å². The first-order valence-corrected chi connectivity index (χ1v) is 13.6. The van der Waals surface area contributed by atoms with Crippen molar-refractivity contribution < 1.29 is 19.1 Å². The van der Waals surface area contributed by atoms with E-state index in [1.54, 1.807) is 35.9 Å². The highest BCUT2D eigenvalue weighted by molar-refractivity contribution is 6.32. The van der Waals surface area contributed by atoms with Crippen LogP contribution in [0.2, 0.25) is 10.0 Å². The summed E-state index contributed by atoms with van der Waals surface area (Å²) in [6.07, 6.45) is 4.85. The molecule has 0 saturated heterocycles. The minimum absolute atomic E-state index is 0.0592. The summed E-state index contributed by atoms with van der Waals surface area (Å²) in [6, 6.07) is 7.93. The second-order valence-corrected chi connectivity index (χ2v) is 10.6. The second kappa shape index (κ2) is 11.8. The Kier molecular flexibility index (Phi) is 8.14. The average molecular weight is 612 g/mol. The van der Waals surface area contributed by atoms with Crippen LogP contribution in [0.15, 0.2) is 42.7 Å². The van der Waals surface area contributed by atoms with Crippen molar-refractivity contribution in [3.8, 4) is 5.82 Å². The predicted octanol–water partition coefficient (Wildman–Crippen LogP) is 4.34. The lowest BCUT2D eigenvalue weighted by atomic mass is 10.1. The van der Waals surface area contributed by atoms with Crippen molar-refractivity contribution in [2.75, 3.05) is 26.5 Å². The molecule has 0 unspecified atom stereocenters. The van der Waals surface area contributed by atoms with Gasteiger partial charge in [0, 0.05) is 37.4 Å². The Morgan fingerprint density at radius 1 is 1.14 bits per heavy atom. The van der Waals surface area contributed by atoms with Gasteiger partial charge in [-0.15, -0.1) is 5.10 Å². The Morgan fingerprint density at radius 3 is 2.60 bits per heavy atom. The minimum Gasteiger partial charge on any atom is -0.452 e. The van der Waals surface area contributed by atoms with Gasteiger partial charge in [0.05, 0.1) is 41.3 Å². The molecular formula is C27H27Cl2N9O4. The number of amides is 3. The molecule has 1 N–H and O–H groups in total. The lowest BCUT2D eigenvalue weighted by Gasteiger charge is -2.28. The summed E-state index contributed by atoms with van der Waals surface area (Å²) in [4.78, 5) is 43.6. The van der Waals surface area contributed by atoms with Gasteiger partial charge in [0.15, 0.2) is 5.82 Å². The zero-order chi connectivity index (χ0) is 30.1. The molecular weight excluding hydrogens is 585 g/mol. The number of aromatic nitrogens is 6. The number of halogens is 2. The monoisotopic (exact) mass is 611 g/mol. The molecule has 0 aliphatic heterocycles. The summed E-state index contributed by atoms with van der Waals surface area (Å²) >= 11 is 12.7. The number of hydrazine groups is 1. The van der Waals surface area contributed by atoms with Crippen LogP contribution in [0.1, 0.15) is 56.6 Å². The number of nitrogens with one attached hydrogen (secondary N) is 1. The largest absolute Gasteiger partial charge is 0.452 e. The lowest BCUT2D eigenvalue weighted by Crippen LogP contribution is -2.45. The maximum Gasteiger partial charge on any atom is 0.428 e. The van der Waals surface area contributed by atoms with Crippen LogP contribution in [0.4, 0.5) is 10.5 Å².